The van der Waals surface area contributed by atoms with E-state index in [0.29, 0.717) is 0 Å². The van der Waals surface area contributed by atoms with Gasteiger partial charge in [-0.15, -0.1) is 0 Å². The Bertz CT molecular complexity index is 56.6. The first kappa shape index (κ1) is 5.21. The van der Waals surface area contributed by atoms with Gasteiger partial charge < -0.3 is 5.32 Å². The van der Waals surface area contributed by atoms with Crippen molar-refractivity contribution in [2.75, 3.05) is 0 Å². The van der Waals surface area contributed by atoms with Gasteiger partial charge in [0.2, 0.25) is 0 Å². The van der Waals surface area contributed by atoms with E-state index in [4.69, 9.17) is 5.41 Å². The third kappa shape index (κ3) is 3.21. The first-order chi connectivity index (χ1) is 2.91. The van der Waals surface area contributed by atoms with E-state index in [9.17, 15) is 0 Å². The van der Waals surface area contributed by atoms with Gasteiger partial charge in [-0.2, -0.15) is 0 Å². The lowest BCUT2D eigenvalue weighted by Crippen LogP contribution is -1.96. The number of allylic oxidation sites excluding steroid dienone is 1. The Hall–Kier alpha value is -0.790. The molecule has 0 aromatic carbocycles. The normalized spacial score (nSPS) is 8.83. The molecule has 0 aliphatic rings. The Morgan fingerprint density at radius 2 is 2.33 bits per heavy atom. The zero-order valence-corrected chi connectivity index (χ0v) is 3.73. The van der Waals surface area contributed by atoms with Gasteiger partial charge in [-0.05, 0) is 13.1 Å². The summed E-state index contributed by atoms with van der Waals surface area (Å²) in [6.07, 6.45) is 4.64. The summed E-state index contributed by atoms with van der Waals surface area (Å²) < 4.78 is 0. The number of hydrogen-bond acceptors (Lipinski definition) is 1. The highest BCUT2D eigenvalue weighted by atomic mass is 14.8. The van der Waals surface area contributed by atoms with Crippen molar-refractivity contribution < 1.29 is 0 Å². The van der Waals surface area contributed by atoms with E-state index in [1.54, 1.807) is 6.20 Å². The van der Waals surface area contributed by atoms with E-state index < -0.39 is 0 Å². The van der Waals surface area contributed by atoms with Crippen LogP contribution in [-0.4, -0.2) is 6.34 Å². The predicted molar refractivity (Wildman–Crippen MR) is 26.7 cm³/mol. The van der Waals surface area contributed by atoms with E-state index in [0.717, 1.165) is 6.34 Å². The van der Waals surface area contributed by atoms with Crippen LogP contribution in [-0.2, 0) is 0 Å². The average molecular weight is 84.1 g/mol. The Morgan fingerprint density at radius 3 is 2.50 bits per heavy atom. The fourth-order valence-corrected chi connectivity index (χ4v) is 0.144. The molecule has 0 rings (SSSR count). The molecule has 0 aliphatic heterocycles. The van der Waals surface area contributed by atoms with Crippen LogP contribution in [0.15, 0.2) is 12.3 Å². The Labute approximate surface area is 37.4 Å². The molecule has 0 saturated heterocycles. The van der Waals surface area contributed by atoms with E-state index in [1.165, 1.54) is 0 Å². The standard InChI is InChI=1S/C4H8N2/c1-2-3-6-4-5/h2-4H,1H3,(H2,5,6). The van der Waals surface area contributed by atoms with Crippen molar-refractivity contribution in [3.05, 3.63) is 12.3 Å². The molecule has 2 nitrogen and oxygen atoms in total. The first-order valence-electron chi connectivity index (χ1n) is 1.78. The van der Waals surface area contributed by atoms with Gasteiger partial charge in [0.15, 0.2) is 0 Å². The number of rotatable bonds is 2. The van der Waals surface area contributed by atoms with Gasteiger partial charge in [0.05, 0.1) is 6.34 Å². The molecule has 0 radical (unpaired) electrons. The first-order valence-corrected chi connectivity index (χ1v) is 1.78. The van der Waals surface area contributed by atoms with Crippen molar-refractivity contribution in [3.8, 4) is 0 Å². The van der Waals surface area contributed by atoms with Crippen molar-refractivity contribution in [3.63, 3.8) is 0 Å². The Balaban J connectivity index is 2.85. The lowest BCUT2D eigenvalue weighted by molar-refractivity contribution is 1.27. The zero-order valence-electron chi connectivity index (χ0n) is 3.73. The van der Waals surface area contributed by atoms with Gasteiger partial charge in [-0.1, -0.05) is 6.08 Å². The summed E-state index contributed by atoms with van der Waals surface area (Å²) in [5.74, 6) is 0. The van der Waals surface area contributed by atoms with Gasteiger partial charge in [-0.25, -0.2) is 0 Å². The quantitative estimate of drug-likeness (QED) is 0.375. The molecule has 0 aliphatic carbocycles. The summed E-state index contributed by atoms with van der Waals surface area (Å²) in [7, 11) is 0. The molecule has 0 fully saturated rings. The minimum Gasteiger partial charge on any atom is -0.354 e. The van der Waals surface area contributed by atoms with Gasteiger partial charge in [0, 0.05) is 0 Å². The summed E-state index contributed by atoms with van der Waals surface area (Å²) in [6.45, 7) is 1.89. The third-order valence-corrected chi connectivity index (χ3v) is 0.346. The van der Waals surface area contributed by atoms with Crippen LogP contribution in [0.25, 0.3) is 0 Å². The van der Waals surface area contributed by atoms with E-state index in [1.807, 2.05) is 13.0 Å². The highest BCUT2D eigenvalue weighted by molar-refractivity contribution is 5.51. The van der Waals surface area contributed by atoms with Crippen LogP contribution in [0.5, 0.6) is 0 Å². The molecule has 0 unspecified atom stereocenters. The summed E-state index contributed by atoms with van der Waals surface area (Å²) in [4.78, 5) is 0. The van der Waals surface area contributed by atoms with Crippen LogP contribution in [0.1, 0.15) is 6.92 Å². The Kier molecular flexibility index (Phi) is 3.66. The largest absolute Gasteiger partial charge is 0.354 e. The molecule has 0 atom stereocenters. The fourth-order valence-electron chi connectivity index (χ4n) is 0.144. The van der Waals surface area contributed by atoms with E-state index in [2.05, 4.69) is 5.32 Å². The SMILES string of the molecule is CC=CNC=N. The smallest absolute Gasteiger partial charge is 0.0830 e. The molecular formula is C4H8N2. The maximum atomic E-state index is 6.42. The van der Waals surface area contributed by atoms with Crippen LogP contribution < -0.4 is 5.32 Å². The molecule has 34 valence electrons. The minimum absolute atomic E-state index is 1.12. The third-order valence-electron chi connectivity index (χ3n) is 0.346. The predicted octanol–water partition coefficient (Wildman–Crippen LogP) is 0.717. The second kappa shape index (κ2) is 4.21. The molecule has 0 spiro atoms. The molecule has 0 bridgehead atoms. The van der Waals surface area contributed by atoms with Gasteiger partial charge in [-0.3, -0.25) is 5.41 Å². The highest BCUT2D eigenvalue weighted by Crippen LogP contribution is 1.54. The van der Waals surface area contributed by atoms with Crippen molar-refractivity contribution in [1.29, 1.82) is 5.41 Å². The molecular weight excluding hydrogens is 76.1 g/mol. The fraction of sp³-hybridized carbons (Fsp3) is 0.250. The molecule has 0 aromatic rings. The number of hydrogen-bond donors (Lipinski definition) is 2. The molecule has 0 amide bonds. The lowest BCUT2D eigenvalue weighted by Gasteiger charge is -1.77. The van der Waals surface area contributed by atoms with Crippen LogP contribution in [0, 0.1) is 5.41 Å². The van der Waals surface area contributed by atoms with E-state index in [-0.39, 0.29) is 0 Å². The van der Waals surface area contributed by atoms with Crippen molar-refractivity contribution in [2.45, 2.75) is 6.92 Å². The maximum absolute atomic E-state index is 6.42. The van der Waals surface area contributed by atoms with Crippen LogP contribution >= 0.6 is 0 Å². The summed E-state index contributed by atoms with van der Waals surface area (Å²) in [5, 5.41) is 8.98. The molecule has 0 aromatic heterocycles. The average Bonchev–Trinajstić information content (AvgIpc) is 1.61. The van der Waals surface area contributed by atoms with E-state index >= 15 is 0 Å². The second-order valence-electron chi connectivity index (χ2n) is 0.811. The lowest BCUT2D eigenvalue weighted by atomic mass is 10.7. The topological polar surface area (TPSA) is 35.9 Å². The Morgan fingerprint density at radius 1 is 1.67 bits per heavy atom. The minimum atomic E-state index is 1.12. The maximum Gasteiger partial charge on any atom is 0.0830 e. The highest BCUT2D eigenvalue weighted by Gasteiger charge is 1.52. The second-order valence-corrected chi connectivity index (χ2v) is 0.811. The van der Waals surface area contributed by atoms with Crippen LogP contribution in [0.3, 0.4) is 0 Å². The van der Waals surface area contributed by atoms with Gasteiger partial charge >= 0.3 is 0 Å². The molecule has 6 heavy (non-hydrogen) atoms. The summed E-state index contributed by atoms with van der Waals surface area (Å²) >= 11 is 0. The molecule has 2 N–H and O–H groups in total. The van der Waals surface area contributed by atoms with Crippen LogP contribution in [0.2, 0.25) is 0 Å². The number of nitrogens with one attached hydrogen (secondary N) is 2. The van der Waals surface area contributed by atoms with Crippen molar-refractivity contribution in [1.82, 2.24) is 5.32 Å². The zero-order chi connectivity index (χ0) is 4.83. The monoisotopic (exact) mass is 84.1 g/mol. The molecule has 0 heterocycles. The molecule has 0 saturated carbocycles. The van der Waals surface area contributed by atoms with Crippen molar-refractivity contribution in [2.24, 2.45) is 0 Å². The van der Waals surface area contributed by atoms with Crippen LogP contribution in [0.4, 0.5) is 0 Å². The van der Waals surface area contributed by atoms with Gasteiger partial charge in [0.1, 0.15) is 0 Å². The van der Waals surface area contributed by atoms with Gasteiger partial charge in [0.25, 0.3) is 0 Å². The molecule has 2 heteroatoms. The summed E-state index contributed by atoms with van der Waals surface area (Å²) in [6, 6.07) is 0. The van der Waals surface area contributed by atoms with Crippen molar-refractivity contribution >= 4 is 6.34 Å². The summed E-state index contributed by atoms with van der Waals surface area (Å²) in [5.41, 5.74) is 0.